The Kier molecular flexibility index (Phi) is 1.24. The number of pyridine rings is 1. The van der Waals surface area contributed by atoms with Gasteiger partial charge < -0.3 is 4.98 Å². The Hall–Kier alpha value is -0.830. The van der Waals surface area contributed by atoms with Crippen LogP contribution in [0.5, 0.6) is 0 Å². The largest absolute Gasteiger partial charge is 0.348 e. The summed E-state index contributed by atoms with van der Waals surface area (Å²) in [5.74, 6) is 0. The lowest BCUT2D eigenvalue weighted by Gasteiger charge is -1.82. The lowest BCUT2D eigenvalue weighted by molar-refractivity contribution is 1.33. The highest BCUT2D eigenvalue weighted by Crippen LogP contribution is 2.16. The van der Waals surface area contributed by atoms with Crippen LogP contribution in [0.2, 0.25) is 0 Å². The van der Waals surface area contributed by atoms with Crippen LogP contribution < -0.4 is 0 Å². The van der Waals surface area contributed by atoms with Gasteiger partial charge in [0.25, 0.3) is 0 Å². The number of nitrogens with one attached hydrogen (secondary N) is 1. The number of halogens is 1. The maximum absolute atomic E-state index is 3.97. The normalized spacial score (nSPS) is 10.5. The number of H-pyrrole nitrogens is 1. The molecule has 2 aromatic rings. The highest BCUT2D eigenvalue weighted by molar-refractivity contribution is 9.10. The summed E-state index contributed by atoms with van der Waals surface area (Å²) in [6.07, 6.45) is 3.59. The predicted molar refractivity (Wildman–Crippen MR) is 43.8 cm³/mol. The molecular formula is C7H5BrN2. The van der Waals surface area contributed by atoms with Crippen molar-refractivity contribution < 1.29 is 0 Å². The van der Waals surface area contributed by atoms with Gasteiger partial charge in [0.15, 0.2) is 0 Å². The van der Waals surface area contributed by atoms with Crippen LogP contribution in [0.3, 0.4) is 0 Å². The molecule has 0 aliphatic rings. The molecule has 0 saturated heterocycles. The maximum Gasteiger partial charge on any atom is 0.0831 e. The fourth-order valence-corrected chi connectivity index (χ4v) is 1.40. The molecule has 0 bridgehead atoms. The molecule has 0 aliphatic heterocycles. The number of fused-ring (bicyclic) bond motifs is 1. The van der Waals surface area contributed by atoms with Crippen LogP contribution in [0.15, 0.2) is 29.1 Å². The summed E-state index contributed by atoms with van der Waals surface area (Å²) in [6, 6.07) is 3.99. The summed E-state index contributed by atoms with van der Waals surface area (Å²) < 4.78 is 0.996. The van der Waals surface area contributed by atoms with Crippen LogP contribution in [0, 0.1) is 0 Å². The molecule has 2 aromatic heterocycles. The Morgan fingerprint density at radius 3 is 3.20 bits per heavy atom. The average molecular weight is 197 g/mol. The zero-order chi connectivity index (χ0) is 6.97. The molecule has 2 rings (SSSR count). The Labute approximate surface area is 66.4 Å². The van der Waals surface area contributed by atoms with Crippen molar-refractivity contribution in [2.24, 2.45) is 0 Å². The van der Waals surface area contributed by atoms with E-state index in [1.165, 1.54) is 5.39 Å². The van der Waals surface area contributed by atoms with E-state index in [9.17, 15) is 0 Å². The highest BCUT2D eigenvalue weighted by Gasteiger charge is 1.94. The first-order chi connectivity index (χ1) is 4.86. The van der Waals surface area contributed by atoms with E-state index in [0.717, 1.165) is 10.1 Å². The fourth-order valence-electron chi connectivity index (χ4n) is 0.937. The summed E-state index contributed by atoms with van der Waals surface area (Å²) in [6.45, 7) is 0. The van der Waals surface area contributed by atoms with Crippen molar-refractivity contribution in [1.82, 2.24) is 9.97 Å². The van der Waals surface area contributed by atoms with Gasteiger partial charge in [-0.15, -0.1) is 0 Å². The maximum atomic E-state index is 3.97. The van der Waals surface area contributed by atoms with E-state index in [-0.39, 0.29) is 0 Å². The van der Waals surface area contributed by atoms with Crippen LogP contribution in [-0.4, -0.2) is 9.97 Å². The third-order valence-corrected chi connectivity index (χ3v) is 1.82. The molecule has 0 saturated carbocycles. The van der Waals surface area contributed by atoms with Gasteiger partial charge in [-0.1, -0.05) is 0 Å². The number of hydrogen-bond acceptors (Lipinski definition) is 1. The highest BCUT2D eigenvalue weighted by atomic mass is 79.9. The molecule has 0 amide bonds. The third kappa shape index (κ3) is 0.827. The van der Waals surface area contributed by atoms with Crippen molar-refractivity contribution in [3.8, 4) is 0 Å². The van der Waals surface area contributed by atoms with Crippen molar-refractivity contribution in [2.45, 2.75) is 0 Å². The Morgan fingerprint density at radius 1 is 1.50 bits per heavy atom. The van der Waals surface area contributed by atoms with E-state index >= 15 is 0 Å². The van der Waals surface area contributed by atoms with Gasteiger partial charge in [-0.25, -0.2) is 0 Å². The molecule has 0 unspecified atom stereocenters. The number of hydrogen-bond donors (Lipinski definition) is 1. The van der Waals surface area contributed by atoms with Gasteiger partial charge in [-0.05, 0) is 28.1 Å². The molecular weight excluding hydrogens is 192 g/mol. The summed E-state index contributed by atoms with van der Waals surface area (Å²) in [5, 5.41) is 1.18. The molecule has 1 N–H and O–H groups in total. The van der Waals surface area contributed by atoms with Crippen molar-refractivity contribution in [3.63, 3.8) is 0 Å². The van der Waals surface area contributed by atoms with Gasteiger partial charge in [0.2, 0.25) is 0 Å². The van der Waals surface area contributed by atoms with E-state index in [2.05, 4.69) is 25.9 Å². The SMILES string of the molecule is Brc1cc2ccncc2[nH]1. The smallest absolute Gasteiger partial charge is 0.0831 e. The second-order valence-corrected chi connectivity index (χ2v) is 2.93. The van der Waals surface area contributed by atoms with Gasteiger partial charge in [-0.2, -0.15) is 0 Å². The van der Waals surface area contributed by atoms with Crippen molar-refractivity contribution in [1.29, 1.82) is 0 Å². The van der Waals surface area contributed by atoms with E-state index in [1.807, 2.05) is 12.1 Å². The zero-order valence-corrected chi connectivity index (χ0v) is 6.72. The first-order valence-electron chi connectivity index (χ1n) is 2.94. The van der Waals surface area contributed by atoms with Crippen molar-refractivity contribution in [3.05, 3.63) is 29.1 Å². The first-order valence-corrected chi connectivity index (χ1v) is 3.74. The molecule has 10 heavy (non-hydrogen) atoms. The number of rotatable bonds is 0. The van der Waals surface area contributed by atoms with E-state index < -0.39 is 0 Å². The predicted octanol–water partition coefficient (Wildman–Crippen LogP) is 2.33. The Bertz CT molecular complexity index is 320. The molecule has 0 aromatic carbocycles. The van der Waals surface area contributed by atoms with Crippen LogP contribution in [0.25, 0.3) is 10.9 Å². The zero-order valence-electron chi connectivity index (χ0n) is 5.13. The quantitative estimate of drug-likeness (QED) is 0.689. The molecule has 2 nitrogen and oxygen atoms in total. The molecule has 3 heteroatoms. The topological polar surface area (TPSA) is 28.7 Å². The van der Waals surface area contributed by atoms with E-state index in [0.29, 0.717) is 0 Å². The van der Waals surface area contributed by atoms with Crippen molar-refractivity contribution in [2.75, 3.05) is 0 Å². The minimum absolute atomic E-state index is 0.996. The van der Waals surface area contributed by atoms with Gasteiger partial charge in [0, 0.05) is 11.6 Å². The lowest BCUT2D eigenvalue weighted by atomic mass is 10.3. The van der Waals surface area contributed by atoms with Crippen molar-refractivity contribution >= 4 is 26.8 Å². The Balaban J connectivity index is 2.88. The standard InChI is InChI=1S/C7H5BrN2/c8-7-3-5-1-2-9-4-6(5)10-7/h1-4,10H. The van der Waals surface area contributed by atoms with Crippen LogP contribution in [0.4, 0.5) is 0 Å². The van der Waals surface area contributed by atoms with E-state index in [4.69, 9.17) is 0 Å². The van der Waals surface area contributed by atoms with Crippen LogP contribution >= 0.6 is 15.9 Å². The minimum Gasteiger partial charge on any atom is -0.348 e. The van der Waals surface area contributed by atoms with Gasteiger partial charge >= 0.3 is 0 Å². The minimum atomic E-state index is 0.996. The summed E-state index contributed by atoms with van der Waals surface area (Å²) in [5.41, 5.74) is 1.06. The molecule has 50 valence electrons. The molecule has 0 atom stereocenters. The molecule has 0 spiro atoms. The molecule has 0 fully saturated rings. The summed E-state index contributed by atoms with van der Waals surface area (Å²) in [4.78, 5) is 7.09. The number of nitrogens with zero attached hydrogens (tertiary/aromatic N) is 1. The van der Waals surface area contributed by atoms with Crippen LogP contribution in [0.1, 0.15) is 0 Å². The third-order valence-electron chi connectivity index (χ3n) is 1.39. The molecule has 0 radical (unpaired) electrons. The summed E-state index contributed by atoms with van der Waals surface area (Å²) in [7, 11) is 0. The molecule has 0 aliphatic carbocycles. The number of aromatic nitrogens is 2. The van der Waals surface area contributed by atoms with Gasteiger partial charge in [-0.3, -0.25) is 4.98 Å². The second kappa shape index (κ2) is 2.09. The fraction of sp³-hybridized carbons (Fsp3) is 0. The lowest BCUT2D eigenvalue weighted by Crippen LogP contribution is -1.68. The molecule has 2 heterocycles. The summed E-state index contributed by atoms with van der Waals surface area (Å²) >= 11 is 3.34. The monoisotopic (exact) mass is 196 g/mol. The number of aromatic amines is 1. The van der Waals surface area contributed by atoms with Gasteiger partial charge in [0.1, 0.15) is 0 Å². The van der Waals surface area contributed by atoms with E-state index in [1.54, 1.807) is 12.4 Å². The van der Waals surface area contributed by atoms with Crippen LogP contribution in [-0.2, 0) is 0 Å². The average Bonchev–Trinajstić information content (AvgIpc) is 2.27. The Morgan fingerprint density at radius 2 is 2.40 bits per heavy atom. The second-order valence-electron chi connectivity index (χ2n) is 2.08. The first kappa shape index (κ1) is 5.92. The van der Waals surface area contributed by atoms with Gasteiger partial charge in [0.05, 0.1) is 16.3 Å².